The van der Waals surface area contributed by atoms with Gasteiger partial charge in [-0.05, 0) is 6.07 Å². The van der Waals surface area contributed by atoms with E-state index in [4.69, 9.17) is 16.2 Å². The van der Waals surface area contributed by atoms with Gasteiger partial charge in [0.25, 0.3) is 5.91 Å². The van der Waals surface area contributed by atoms with Gasteiger partial charge in [-0.3, -0.25) is 9.69 Å². The zero-order valence-corrected chi connectivity index (χ0v) is 11.1. The summed E-state index contributed by atoms with van der Waals surface area (Å²) >= 11 is 0. The third-order valence-electron chi connectivity index (χ3n) is 3.12. The Morgan fingerprint density at radius 1 is 1.45 bits per heavy atom. The van der Waals surface area contributed by atoms with Crippen molar-refractivity contribution in [2.75, 3.05) is 50.9 Å². The molecule has 8 nitrogen and oxygen atoms in total. The van der Waals surface area contributed by atoms with E-state index in [1.54, 1.807) is 0 Å². The van der Waals surface area contributed by atoms with Gasteiger partial charge in [0, 0.05) is 26.2 Å². The SMILES string of the molecule is Nc1cc(C(=O)NCCN2CCOCC2)nc(O)c1N. The van der Waals surface area contributed by atoms with Crippen molar-refractivity contribution in [2.24, 2.45) is 0 Å². The molecule has 1 aliphatic heterocycles. The van der Waals surface area contributed by atoms with Crippen LogP contribution in [0.15, 0.2) is 6.07 Å². The molecule has 0 atom stereocenters. The summed E-state index contributed by atoms with van der Waals surface area (Å²) in [6, 6.07) is 1.35. The van der Waals surface area contributed by atoms with Crippen molar-refractivity contribution in [1.29, 1.82) is 0 Å². The minimum absolute atomic E-state index is 0.0186. The van der Waals surface area contributed by atoms with Gasteiger partial charge < -0.3 is 26.6 Å². The summed E-state index contributed by atoms with van der Waals surface area (Å²) in [5.74, 6) is -0.816. The van der Waals surface area contributed by atoms with Crippen LogP contribution in [0.1, 0.15) is 10.5 Å². The molecular weight excluding hydrogens is 262 g/mol. The van der Waals surface area contributed by atoms with Gasteiger partial charge in [0.1, 0.15) is 11.4 Å². The maximum Gasteiger partial charge on any atom is 0.270 e. The van der Waals surface area contributed by atoms with E-state index in [1.165, 1.54) is 6.07 Å². The molecule has 8 heteroatoms. The van der Waals surface area contributed by atoms with Crippen molar-refractivity contribution < 1.29 is 14.6 Å². The quantitative estimate of drug-likeness (QED) is 0.558. The fourth-order valence-electron chi connectivity index (χ4n) is 1.92. The summed E-state index contributed by atoms with van der Waals surface area (Å²) in [4.78, 5) is 17.8. The average Bonchev–Trinajstić information content (AvgIpc) is 2.45. The van der Waals surface area contributed by atoms with Crippen LogP contribution in [0.25, 0.3) is 0 Å². The zero-order chi connectivity index (χ0) is 14.5. The molecule has 0 aliphatic carbocycles. The highest BCUT2D eigenvalue weighted by molar-refractivity contribution is 5.94. The molecule has 0 spiro atoms. The number of ether oxygens (including phenoxy) is 1. The maximum atomic E-state index is 11.9. The minimum Gasteiger partial charge on any atom is -0.492 e. The van der Waals surface area contributed by atoms with Crippen LogP contribution in [-0.4, -0.2) is 60.3 Å². The van der Waals surface area contributed by atoms with E-state index in [-0.39, 0.29) is 23.0 Å². The third kappa shape index (κ3) is 3.49. The number of hydrogen-bond donors (Lipinski definition) is 4. The number of aromatic hydroxyl groups is 1. The summed E-state index contributed by atoms with van der Waals surface area (Å²) in [6.07, 6.45) is 0. The van der Waals surface area contributed by atoms with E-state index >= 15 is 0 Å². The van der Waals surface area contributed by atoms with Crippen LogP contribution in [0.3, 0.4) is 0 Å². The smallest absolute Gasteiger partial charge is 0.270 e. The fourth-order valence-corrected chi connectivity index (χ4v) is 1.92. The van der Waals surface area contributed by atoms with E-state index in [9.17, 15) is 9.90 Å². The van der Waals surface area contributed by atoms with Crippen LogP contribution in [0.5, 0.6) is 5.88 Å². The molecule has 1 fully saturated rings. The Labute approximate surface area is 116 Å². The summed E-state index contributed by atoms with van der Waals surface area (Å²) < 4.78 is 5.24. The molecule has 1 aromatic rings. The molecule has 0 aromatic carbocycles. The molecular formula is C12H19N5O3. The number of morpholine rings is 1. The Bertz CT molecular complexity index is 465. The van der Waals surface area contributed by atoms with Crippen LogP contribution in [0.2, 0.25) is 0 Å². The van der Waals surface area contributed by atoms with Gasteiger partial charge in [0.15, 0.2) is 0 Å². The molecule has 1 saturated heterocycles. The normalized spacial score (nSPS) is 16.0. The van der Waals surface area contributed by atoms with Gasteiger partial charge in [-0.1, -0.05) is 0 Å². The number of carbonyl (C=O) groups is 1. The number of aromatic nitrogens is 1. The van der Waals surface area contributed by atoms with Crippen LogP contribution in [-0.2, 0) is 4.74 Å². The lowest BCUT2D eigenvalue weighted by Gasteiger charge is -2.26. The third-order valence-corrected chi connectivity index (χ3v) is 3.12. The first-order valence-corrected chi connectivity index (χ1v) is 6.41. The highest BCUT2D eigenvalue weighted by atomic mass is 16.5. The molecule has 0 unspecified atom stereocenters. The van der Waals surface area contributed by atoms with Crippen molar-refractivity contribution in [3.8, 4) is 5.88 Å². The van der Waals surface area contributed by atoms with Crippen molar-refractivity contribution >= 4 is 17.3 Å². The molecule has 20 heavy (non-hydrogen) atoms. The molecule has 0 saturated carbocycles. The lowest BCUT2D eigenvalue weighted by molar-refractivity contribution is 0.0383. The standard InChI is InChI=1S/C12H19N5O3/c13-8-7-9(16-12(19)10(8)14)11(18)15-1-2-17-3-5-20-6-4-17/h7H,1-6,14H2,(H,15,18)(H3,13,16,19). The van der Waals surface area contributed by atoms with Gasteiger partial charge in [-0.25, -0.2) is 4.98 Å². The lowest BCUT2D eigenvalue weighted by atomic mass is 10.2. The second kappa shape index (κ2) is 6.40. The van der Waals surface area contributed by atoms with E-state index in [0.29, 0.717) is 6.54 Å². The van der Waals surface area contributed by atoms with E-state index < -0.39 is 5.88 Å². The monoisotopic (exact) mass is 281 g/mol. The minimum atomic E-state index is -0.427. The Morgan fingerprint density at radius 2 is 2.15 bits per heavy atom. The Hall–Kier alpha value is -2.06. The average molecular weight is 281 g/mol. The van der Waals surface area contributed by atoms with Crippen LogP contribution >= 0.6 is 0 Å². The Morgan fingerprint density at radius 3 is 2.80 bits per heavy atom. The zero-order valence-electron chi connectivity index (χ0n) is 11.1. The number of hydrogen-bond acceptors (Lipinski definition) is 7. The lowest BCUT2D eigenvalue weighted by Crippen LogP contribution is -2.41. The summed E-state index contributed by atoms with van der Waals surface area (Å²) in [5.41, 5.74) is 11.2. The molecule has 6 N–H and O–H groups in total. The van der Waals surface area contributed by atoms with Crippen LogP contribution in [0.4, 0.5) is 11.4 Å². The van der Waals surface area contributed by atoms with E-state index in [2.05, 4.69) is 15.2 Å². The molecule has 110 valence electrons. The summed E-state index contributed by atoms with van der Waals surface area (Å²) in [6.45, 7) is 4.40. The number of rotatable bonds is 4. The topological polar surface area (TPSA) is 127 Å². The van der Waals surface area contributed by atoms with Gasteiger partial charge in [0.05, 0.1) is 18.9 Å². The molecule has 1 aromatic heterocycles. The number of carbonyl (C=O) groups excluding carboxylic acids is 1. The summed E-state index contributed by atoms with van der Waals surface area (Å²) in [5, 5.41) is 12.2. The molecule has 1 aliphatic rings. The second-order valence-electron chi connectivity index (χ2n) is 4.54. The predicted octanol–water partition coefficient (Wildman–Crippen LogP) is -0.986. The second-order valence-corrected chi connectivity index (χ2v) is 4.54. The number of pyridine rings is 1. The summed E-state index contributed by atoms with van der Waals surface area (Å²) in [7, 11) is 0. The number of nitrogens with zero attached hydrogens (tertiary/aromatic N) is 2. The van der Waals surface area contributed by atoms with Crippen LogP contribution in [0, 0.1) is 0 Å². The first kappa shape index (κ1) is 14.4. The fraction of sp³-hybridized carbons (Fsp3) is 0.500. The number of nitrogens with one attached hydrogen (secondary N) is 1. The molecule has 1 amide bonds. The number of anilines is 2. The van der Waals surface area contributed by atoms with Crippen molar-refractivity contribution in [1.82, 2.24) is 15.2 Å². The Kier molecular flexibility index (Phi) is 4.59. The van der Waals surface area contributed by atoms with Crippen LogP contribution < -0.4 is 16.8 Å². The van der Waals surface area contributed by atoms with Crippen molar-refractivity contribution in [2.45, 2.75) is 0 Å². The van der Waals surface area contributed by atoms with Gasteiger partial charge in [-0.15, -0.1) is 0 Å². The Balaban J connectivity index is 1.85. The number of nitrogen functional groups attached to an aromatic ring is 2. The first-order valence-electron chi connectivity index (χ1n) is 6.41. The largest absolute Gasteiger partial charge is 0.492 e. The van der Waals surface area contributed by atoms with Gasteiger partial charge >= 0.3 is 0 Å². The maximum absolute atomic E-state index is 11.9. The van der Waals surface area contributed by atoms with Crippen molar-refractivity contribution in [3.05, 3.63) is 11.8 Å². The van der Waals surface area contributed by atoms with E-state index in [1.807, 2.05) is 0 Å². The van der Waals surface area contributed by atoms with Gasteiger partial charge in [-0.2, -0.15) is 0 Å². The first-order chi connectivity index (χ1) is 9.58. The molecule has 0 radical (unpaired) electrons. The number of amides is 1. The molecule has 0 bridgehead atoms. The highest BCUT2D eigenvalue weighted by Crippen LogP contribution is 2.24. The molecule has 2 heterocycles. The van der Waals surface area contributed by atoms with Crippen molar-refractivity contribution in [3.63, 3.8) is 0 Å². The highest BCUT2D eigenvalue weighted by Gasteiger charge is 2.14. The predicted molar refractivity (Wildman–Crippen MR) is 74.3 cm³/mol. The number of nitrogens with two attached hydrogens (primary N) is 2. The molecule has 2 rings (SSSR count). The van der Waals surface area contributed by atoms with Gasteiger partial charge in [0.2, 0.25) is 5.88 Å². The van der Waals surface area contributed by atoms with E-state index in [0.717, 1.165) is 32.8 Å².